The maximum Gasteiger partial charge on any atom is 0.296 e. The summed E-state index contributed by atoms with van der Waals surface area (Å²) in [7, 11) is -4.50. The number of benzene rings is 3. The SMILES string of the molecule is CCc1ccc([N+](=O)[O-])c(N=Nc2c(O)ccc3c(S(=O)(=O)O)cccc23)c1. The summed E-state index contributed by atoms with van der Waals surface area (Å²) < 4.78 is 32.5. The van der Waals surface area contributed by atoms with Gasteiger partial charge in [0.05, 0.1) is 4.92 Å². The second-order valence-electron chi connectivity index (χ2n) is 5.89. The fourth-order valence-electron chi connectivity index (χ4n) is 2.76. The van der Waals surface area contributed by atoms with E-state index in [1.807, 2.05) is 6.92 Å². The summed E-state index contributed by atoms with van der Waals surface area (Å²) in [6.07, 6.45) is 0.637. The third kappa shape index (κ3) is 3.68. The van der Waals surface area contributed by atoms with Crippen LogP contribution in [0.25, 0.3) is 10.8 Å². The van der Waals surface area contributed by atoms with Crippen LogP contribution >= 0.6 is 0 Å². The normalized spacial score (nSPS) is 11.9. The summed E-state index contributed by atoms with van der Waals surface area (Å²) in [5, 5.41) is 29.6. The maximum absolute atomic E-state index is 11.6. The van der Waals surface area contributed by atoms with Crippen molar-refractivity contribution in [3.05, 3.63) is 64.2 Å². The minimum atomic E-state index is -4.50. The van der Waals surface area contributed by atoms with E-state index in [0.29, 0.717) is 6.42 Å². The minimum absolute atomic E-state index is 0.00619. The number of nitro benzene ring substituents is 1. The highest BCUT2D eigenvalue weighted by molar-refractivity contribution is 7.86. The average Bonchev–Trinajstić information content (AvgIpc) is 2.65. The molecule has 144 valence electrons. The second kappa shape index (κ2) is 7.33. The molecular formula is C18H15N3O6S. The molecule has 0 saturated heterocycles. The number of hydrogen-bond acceptors (Lipinski definition) is 7. The van der Waals surface area contributed by atoms with Crippen LogP contribution in [0.5, 0.6) is 5.75 Å². The molecule has 10 heteroatoms. The van der Waals surface area contributed by atoms with Crippen LogP contribution in [0.4, 0.5) is 17.1 Å². The molecule has 3 rings (SSSR count). The molecule has 0 unspecified atom stereocenters. The molecule has 28 heavy (non-hydrogen) atoms. The van der Waals surface area contributed by atoms with Crippen molar-refractivity contribution in [2.45, 2.75) is 18.2 Å². The van der Waals surface area contributed by atoms with Gasteiger partial charge >= 0.3 is 0 Å². The molecule has 0 spiro atoms. The number of aryl methyl sites for hydroxylation is 1. The molecule has 0 radical (unpaired) electrons. The van der Waals surface area contributed by atoms with Gasteiger partial charge in [0, 0.05) is 16.8 Å². The van der Waals surface area contributed by atoms with Gasteiger partial charge in [-0.2, -0.15) is 8.42 Å². The molecule has 0 saturated carbocycles. The van der Waals surface area contributed by atoms with Gasteiger partial charge in [-0.25, -0.2) is 0 Å². The lowest BCUT2D eigenvalue weighted by atomic mass is 10.1. The van der Waals surface area contributed by atoms with Gasteiger partial charge in [0.1, 0.15) is 16.3 Å². The van der Waals surface area contributed by atoms with Crippen LogP contribution in [-0.2, 0) is 16.5 Å². The number of phenolic OH excluding ortho intramolecular Hbond substituents is 1. The summed E-state index contributed by atoms with van der Waals surface area (Å²) in [4.78, 5) is 10.3. The number of azo groups is 1. The van der Waals surface area contributed by atoms with E-state index in [1.54, 1.807) is 6.07 Å². The van der Waals surface area contributed by atoms with Crippen molar-refractivity contribution < 1.29 is 23.0 Å². The lowest BCUT2D eigenvalue weighted by Crippen LogP contribution is -1.98. The lowest BCUT2D eigenvalue weighted by molar-refractivity contribution is -0.384. The zero-order valence-electron chi connectivity index (χ0n) is 14.6. The largest absolute Gasteiger partial charge is 0.506 e. The molecule has 0 aromatic heterocycles. The van der Waals surface area contributed by atoms with Gasteiger partial charge in [-0.3, -0.25) is 14.7 Å². The molecule has 3 aromatic rings. The van der Waals surface area contributed by atoms with E-state index in [0.717, 1.165) is 5.56 Å². The third-order valence-corrected chi connectivity index (χ3v) is 5.06. The molecule has 0 aliphatic carbocycles. The number of rotatable bonds is 5. The van der Waals surface area contributed by atoms with Crippen molar-refractivity contribution in [3.8, 4) is 5.75 Å². The Bertz CT molecular complexity index is 1220. The van der Waals surface area contributed by atoms with Gasteiger partial charge in [0.2, 0.25) is 0 Å². The van der Waals surface area contributed by atoms with Gasteiger partial charge in [-0.15, -0.1) is 10.2 Å². The van der Waals surface area contributed by atoms with Crippen molar-refractivity contribution in [1.82, 2.24) is 0 Å². The summed E-state index contributed by atoms with van der Waals surface area (Å²) >= 11 is 0. The quantitative estimate of drug-likeness (QED) is 0.275. The minimum Gasteiger partial charge on any atom is -0.506 e. The van der Waals surface area contributed by atoms with Gasteiger partial charge in [-0.1, -0.05) is 25.1 Å². The first-order valence-corrected chi connectivity index (χ1v) is 9.57. The Morgan fingerprint density at radius 1 is 1.07 bits per heavy atom. The molecular weight excluding hydrogens is 386 g/mol. The predicted octanol–water partition coefficient (Wildman–Crippen LogP) is 4.68. The van der Waals surface area contributed by atoms with Crippen LogP contribution in [0, 0.1) is 10.1 Å². The molecule has 0 atom stereocenters. The van der Waals surface area contributed by atoms with Gasteiger partial charge in [0.25, 0.3) is 15.8 Å². The molecule has 0 heterocycles. The first-order chi connectivity index (χ1) is 13.2. The van der Waals surface area contributed by atoms with Crippen LogP contribution < -0.4 is 0 Å². The Labute approximate surface area is 159 Å². The Kier molecular flexibility index (Phi) is 5.08. The van der Waals surface area contributed by atoms with Crippen LogP contribution in [0.3, 0.4) is 0 Å². The average molecular weight is 401 g/mol. The van der Waals surface area contributed by atoms with Crippen molar-refractivity contribution in [3.63, 3.8) is 0 Å². The van der Waals surface area contributed by atoms with Crippen LogP contribution in [0.2, 0.25) is 0 Å². The molecule has 0 bridgehead atoms. The molecule has 9 nitrogen and oxygen atoms in total. The number of nitrogens with zero attached hydrogens (tertiary/aromatic N) is 3. The van der Waals surface area contributed by atoms with Crippen LogP contribution in [0.15, 0.2) is 63.7 Å². The molecule has 0 amide bonds. The lowest BCUT2D eigenvalue weighted by Gasteiger charge is -2.07. The zero-order valence-corrected chi connectivity index (χ0v) is 15.4. The summed E-state index contributed by atoms with van der Waals surface area (Å²) in [5.41, 5.74) is 0.501. The van der Waals surface area contributed by atoms with Crippen molar-refractivity contribution in [1.29, 1.82) is 0 Å². The summed E-state index contributed by atoms with van der Waals surface area (Å²) in [5.74, 6) is -0.293. The van der Waals surface area contributed by atoms with Gasteiger partial charge < -0.3 is 5.11 Å². The van der Waals surface area contributed by atoms with Gasteiger partial charge in [0.15, 0.2) is 5.69 Å². The Morgan fingerprint density at radius 3 is 2.46 bits per heavy atom. The number of aromatic hydroxyl groups is 1. The predicted molar refractivity (Wildman–Crippen MR) is 102 cm³/mol. The molecule has 3 aromatic carbocycles. The number of nitro groups is 1. The van der Waals surface area contributed by atoms with Crippen LogP contribution in [-0.4, -0.2) is 23.0 Å². The van der Waals surface area contributed by atoms with Crippen molar-refractivity contribution in [2.75, 3.05) is 0 Å². The molecule has 2 N–H and O–H groups in total. The Morgan fingerprint density at radius 2 is 1.82 bits per heavy atom. The van der Waals surface area contributed by atoms with E-state index in [2.05, 4.69) is 10.2 Å². The number of phenols is 1. The highest BCUT2D eigenvalue weighted by atomic mass is 32.2. The highest BCUT2D eigenvalue weighted by Gasteiger charge is 2.18. The first-order valence-electron chi connectivity index (χ1n) is 8.13. The Hall–Kier alpha value is -3.37. The third-order valence-electron chi connectivity index (χ3n) is 4.15. The number of hydrogen-bond donors (Lipinski definition) is 2. The summed E-state index contributed by atoms with van der Waals surface area (Å²) in [6, 6.07) is 11.1. The zero-order chi connectivity index (χ0) is 20.5. The van der Waals surface area contributed by atoms with E-state index in [1.165, 1.54) is 42.5 Å². The fraction of sp³-hybridized carbons (Fsp3) is 0.111. The van der Waals surface area contributed by atoms with E-state index in [-0.39, 0.29) is 38.5 Å². The second-order valence-corrected chi connectivity index (χ2v) is 7.28. The van der Waals surface area contributed by atoms with Crippen LogP contribution in [0.1, 0.15) is 12.5 Å². The van der Waals surface area contributed by atoms with E-state index >= 15 is 0 Å². The molecule has 0 fully saturated rings. The van der Waals surface area contributed by atoms with Crippen molar-refractivity contribution in [2.24, 2.45) is 10.2 Å². The standard InChI is InChI=1S/C18H15N3O6S/c1-2-11-6-8-15(21(23)24)14(10-11)19-20-18-13-4-3-5-17(28(25,26)27)12(13)7-9-16(18)22/h3-10,22H,2H2,1H3,(H,25,26,27). The monoisotopic (exact) mass is 401 g/mol. The summed E-state index contributed by atoms with van der Waals surface area (Å²) in [6.45, 7) is 1.88. The topological polar surface area (TPSA) is 142 Å². The fourth-order valence-corrected chi connectivity index (χ4v) is 3.47. The Balaban J connectivity index is 2.21. The highest BCUT2D eigenvalue weighted by Crippen LogP contribution is 2.39. The smallest absolute Gasteiger partial charge is 0.296 e. The number of fused-ring (bicyclic) bond motifs is 1. The first kappa shape index (κ1) is 19.4. The molecule has 0 aliphatic heterocycles. The van der Waals surface area contributed by atoms with E-state index in [9.17, 15) is 28.2 Å². The molecule has 0 aliphatic rings. The van der Waals surface area contributed by atoms with Crippen molar-refractivity contribution >= 4 is 38.0 Å². The van der Waals surface area contributed by atoms with E-state index < -0.39 is 15.0 Å². The maximum atomic E-state index is 11.6. The van der Waals surface area contributed by atoms with Gasteiger partial charge in [-0.05, 0) is 36.2 Å². The van der Waals surface area contributed by atoms with E-state index in [4.69, 9.17) is 0 Å².